The van der Waals surface area contributed by atoms with Crippen molar-refractivity contribution in [3.8, 4) is 0 Å². The average Bonchev–Trinajstić information content (AvgIpc) is 2.54. The molecule has 0 saturated carbocycles. The highest BCUT2D eigenvalue weighted by Crippen LogP contribution is 2.13. The Labute approximate surface area is 130 Å². The summed E-state index contributed by atoms with van der Waals surface area (Å²) in [6, 6.07) is 7.45. The number of H-pyrrole nitrogens is 1. The van der Waals surface area contributed by atoms with Crippen LogP contribution in [-0.4, -0.2) is 47.7 Å². The standard InChI is InChI=1S/C17H23N3O2/c1-20(12-13-6-4-5-11-22-13)10-9-16-18-15-8-3-2-7-14(15)17(21)19-16/h2-3,7-8,13H,4-6,9-12H2,1H3,(H,18,19,21)/t13-/m1/s1. The van der Waals surface area contributed by atoms with Crippen LogP contribution in [0.1, 0.15) is 25.1 Å². The molecule has 5 heteroatoms. The van der Waals surface area contributed by atoms with Crippen LogP contribution in [-0.2, 0) is 11.2 Å². The zero-order valence-corrected chi connectivity index (χ0v) is 13.0. The first kappa shape index (κ1) is 15.2. The van der Waals surface area contributed by atoms with E-state index in [2.05, 4.69) is 21.9 Å². The second-order valence-corrected chi connectivity index (χ2v) is 6.03. The van der Waals surface area contributed by atoms with E-state index >= 15 is 0 Å². The van der Waals surface area contributed by atoms with Gasteiger partial charge in [0.1, 0.15) is 5.82 Å². The van der Waals surface area contributed by atoms with E-state index < -0.39 is 0 Å². The molecule has 1 fully saturated rings. The number of nitrogens with zero attached hydrogens (tertiary/aromatic N) is 2. The van der Waals surface area contributed by atoms with Crippen molar-refractivity contribution in [2.75, 3.05) is 26.7 Å². The van der Waals surface area contributed by atoms with Crippen LogP contribution in [0.15, 0.2) is 29.1 Å². The summed E-state index contributed by atoms with van der Waals surface area (Å²) >= 11 is 0. The predicted molar refractivity (Wildman–Crippen MR) is 87.2 cm³/mol. The Kier molecular flexibility index (Phi) is 4.85. The van der Waals surface area contributed by atoms with Gasteiger partial charge in [0, 0.05) is 26.1 Å². The van der Waals surface area contributed by atoms with Gasteiger partial charge in [-0.2, -0.15) is 0 Å². The molecule has 2 aromatic rings. The van der Waals surface area contributed by atoms with E-state index in [-0.39, 0.29) is 5.56 Å². The molecule has 1 aliphatic rings. The molecule has 0 spiro atoms. The van der Waals surface area contributed by atoms with Crippen molar-refractivity contribution in [1.29, 1.82) is 0 Å². The smallest absolute Gasteiger partial charge is 0.258 e. The number of benzene rings is 1. The summed E-state index contributed by atoms with van der Waals surface area (Å²) in [5, 5.41) is 0.648. The lowest BCUT2D eigenvalue weighted by Crippen LogP contribution is -2.34. The third-order valence-corrected chi connectivity index (χ3v) is 4.18. The predicted octanol–water partition coefficient (Wildman–Crippen LogP) is 1.97. The second-order valence-electron chi connectivity index (χ2n) is 6.03. The van der Waals surface area contributed by atoms with Gasteiger partial charge in [0.2, 0.25) is 0 Å². The molecule has 5 nitrogen and oxygen atoms in total. The van der Waals surface area contributed by atoms with Crippen LogP contribution in [0.5, 0.6) is 0 Å². The van der Waals surface area contributed by atoms with E-state index in [4.69, 9.17) is 4.74 Å². The monoisotopic (exact) mass is 301 g/mol. The number of fused-ring (bicyclic) bond motifs is 1. The van der Waals surface area contributed by atoms with Crippen molar-refractivity contribution >= 4 is 10.9 Å². The lowest BCUT2D eigenvalue weighted by Gasteiger charge is -2.27. The van der Waals surface area contributed by atoms with Crippen molar-refractivity contribution in [2.45, 2.75) is 31.8 Å². The molecule has 1 saturated heterocycles. The Morgan fingerprint density at radius 3 is 3.05 bits per heavy atom. The molecular weight excluding hydrogens is 278 g/mol. The molecule has 0 amide bonds. The van der Waals surface area contributed by atoms with Crippen LogP contribution in [0.4, 0.5) is 0 Å². The maximum absolute atomic E-state index is 12.0. The third-order valence-electron chi connectivity index (χ3n) is 4.18. The van der Waals surface area contributed by atoms with Gasteiger partial charge in [-0.15, -0.1) is 0 Å². The van der Waals surface area contributed by atoms with Gasteiger partial charge in [-0.1, -0.05) is 12.1 Å². The van der Waals surface area contributed by atoms with Crippen LogP contribution in [0, 0.1) is 0 Å². The van der Waals surface area contributed by atoms with E-state index in [1.54, 1.807) is 6.07 Å². The Bertz CT molecular complexity index is 677. The first-order valence-corrected chi connectivity index (χ1v) is 8.00. The van der Waals surface area contributed by atoms with Gasteiger partial charge in [0.05, 0.1) is 17.0 Å². The number of nitrogens with one attached hydrogen (secondary N) is 1. The highest BCUT2D eigenvalue weighted by Gasteiger charge is 2.15. The summed E-state index contributed by atoms with van der Waals surface area (Å²) in [5.41, 5.74) is 0.707. The lowest BCUT2D eigenvalue weighted by atomic mass is 10.1. The number of aromatic nitrogens is 2. The first-order chi connectivity index (χ1) is 10.7. The minimum Gasteiger partial charge on any atom is -0.377 e. The summed E-state index contributed by atoms with van der Waals surface area (Å²) in [6.07, 6.45) is 4.68. The highest BCUT2D eigenvalue weighted by molar-refractivity contribution is 5.77. The molecule has 3 rings (SSSR count). The fourth-order valence-electron chi connectivity index (χ4n) is 2.94. The molecule has 1 aromatic heterocycles. The van der Waals surface area contributed by atoms with Crippen molar-refractivity contribution in [3.63, 3.8) is 0 Å². The summed E-state index contributed by atoms with van der Waals surface area (Å²) in [6.45, 7) is 2.69. The molecule has 1 atom stereocenters. The van der Waals surface area contributed by atoms with E-state index in [0.29, 0.717) is 11.5 Å². The zero-order valence-electron chi connectivity index (χ0n) is 13.0. The maximum Gasteiger partial charge on any atom is 0.258 e. The molecule has 1 aliphatic heterocycles. The van der Waals surface area contributed by atoms with Crippen LogP contribution in [0.25, 0.3) is 10.9 Å². The fraction of sp³-hybridized carbons (Fsp3) is 0.529. The number of rotatable bonds is 5. The number of likely N-dealkylation sites (N-methyl/N-ethyl adjacent to an activating group) is 1. The summed E-state index contributed by atoms with van der Waals surface area (Å²) in [7, 11) is 2.09. The van der Waals surface area contributed by atoms with E-state index in [0.717, 1.165) is 43.9 Å². The molecule has 1 N–H and O–H groups in total. The molecule has 22 heavy (non-hydrogen) atoms. The van der Waals surface area contributed by atoms with Crippen molar-refractivity contribution in [3.05, 3.63) is 40.4 Å². The lowest BCUT2D eigenvalue weighted by molar-refractivity contribution is -0.00131. The molecule has 0 radical (unpaired) electrons. The third kappa shape index (κ3) is 3.72. The average molecular weight is 301 g/mol. The van der Waals surface area contributed by atoms with Crippen molar-refractivity contribution in [2.24, 2.45) is 0 Å². The normalized spacial score (nSPS) is 18.9. The minimum absolute atomic E-state index is 0.0566. The van der Waals surface area contributed by atoms with Crippen LogP contribution in [0.2, 0.25) is 0 Å². The fourth-order valence-corrected chi connectivity index (χ4v) is 2.94. The van der Waals surface area contributed by atoms with Crippen molar-refractivity contribution < 1.29 is 4.74 Å². The Morgan fingerprint density at radius 1 is 1.36 bits per heavy atom. The molecule has 0 unspecified atom stereocenters. The maximum atomic E-state index is 12.0. The number of aromatic amines is 1. The zero-order chi connectivity index (χ0) is 15.4. The van der Waals surface area contributed by atoms with Crippen molar-refractivity contribution in [1.82, 2.24) is 14.9 Å². The van der Waals surface area contributed by atoms with E-state index in [9.17, 15) is 4.79 Å². The number of hydrogen-bond acceptors (Lipinski definition) is 4. The van der Waals surface area contributed by atoms with Crippen LogP contribution in [0.3, 0.4) is 0 Å². The van der Waals surface area contributed by atoms with Gasteiger partial charge < -0.3 is 14.6 Å². The number of para-hydroxylation sites is 1. The van der Waals surface area contributed by atoms with E-state index in [1.165, 1.54) is 12.8 Å². The largest absolute Gasteiger partial charge is 0.377 e. The van der Waals surface area contributed by atoms with Gasteiger partial charge in [-0.3, -0.25) is 4.79 Å². The van der Waals surface area contributed by atoms with Gasteiger partial charge in [-0.05, 0) is 38.4 Å². The molecular formula is C17H23N3O2. The Hall–Kier alpha value is -1.72. The quantitative estimate of drug-likeness (QED) is 0.917. The van der Waals surface area contributed by atoms with Gasteiger partial charge >= 0.3 is 0 Å². The molecule has 2 heterocycles. The molecule has 0 aliphatic carbocycles. The van der Waals surface area contributed by atoms with Gasteiger partial charge in [0.25, 0.3) is 5.56 Å². The summed E-state index contributed by atoms with van der Waals surface area (Å²) < 4.78 is 5.76. The molecule has 0 bridgehead atoms. The Morgan fingerprint density at radius 2 is 2.23 bits per heavy atom. The minimum atomic E-state index is -0.0566. The van der Waals surface area contributed by atoms with Crippen LogP contribution >= 0.6 is 0 Å². The number of hydrogen-bond donors (Lipinski definition) is 1. The summed E-state index contributed by atoms with van der Waals surface area (Å²) in [5.74, 6) is 0.750. The van der Waals surface area contributed by atoms with Gasteiger partial charge in [-0.25, -0.2) is 4.98 Å². The van der Waals surface area contributed by atoms with Crippen LogP contribution < -0.4 is 5.56 Å². The number of ether oxygens (including phenoxy) is 1. The molecule has 118 valence electrons. The van der Waals surface area contributed by atoms with Gasteiger partial charge in [0.15, 0.2) is 0 Å². The Balaban J connectivity index is 1.60. The summed E-state index contributed by atoms with van der Waals surface area (Å²) in [4.78, 5) is 21.7. The topological polar surface area (TPSA) is 58.2 Å². The SMILES string of the molecule is CN(CCc1nc2ccccc2c(=O)[nH]1)C[C@H]1CCCCO1. The van der Waals surface area contributed by atoms with E-state index in [1.807, 2.05) is 18.2 Å². The first-order valence-electron chi connectivity index (χ1n) is 8.00. The second kappa shape index (κ2) is 7.03. The molecule has 1 aromatic carbocycles. The highest BCUT2D eigenvalue weighted by atomic mass is 16.5.